The quantitative estimate of drug-likeness (QED) is 0.699. The molecule has 1 aromatic carbocycles. The number of anilines is 3. The van der Waals surface area contributed by atoms with Crippen LogP contribution in [0.4, 0.5) is 17.5 Å². The number of aromatic nitrogens is 3. The molecule has 0 aliphatic carbocycles. The van der Waals surface area contributed by atoms with E-state index in [0.29, 0.717) is 5.95 Å². The van der Waals surface area contributed by atoms with Gasteiger partial charge in [0.15, 0.2) is 12.2 Å². The molecule has 1 atom stereocenters. The van der Waals surface area contributed by atoms with Crippen LogP contribution in [0.1, 0.15) is 18.4 Å². The van der Waals surface area contributed by atoms with Crippen molar-refractivity contribution in [3.63, 3.8) is 0 Å². The van der Waals surface area contributed by atoms with Gasteiger partial charge >= 0.3 is 0 Å². The fourth-order valence-corrected chi connectivity index (χ4v) is 2.90. The first-order valence-electron chi connectivity index (χ1n) is 8.73. The predicted molar refractivity (Wildman–Crippen MR) is 99.5 cm³/mol. The third-order valence-electron chi connectivity index (χ3n) is 4.35. The first-order valence-corrected chi connectivity index (χ1v) is 8.73. The Balaban J connectivity index is 1.43. The molecule has 7 nitrogen and oxygen atoms in total. The molecule has 1 aliphatic heterocycles. The van der Waals surface area contributed by atoms with Crippen molar-refractivity contribution in [3.05, 3.63) is 48.6 Å². The molecule has 2 N–H and O–H groups in total. The van der Waals surface area contributed by atoms with Gasteiger partial charge in [-0.2, -0.15) is 4.98 Å². The molecule has 3 aromatic rings. The summed E-state index contributed by atoms with van der Waals surface area (Å²) in [7, 11) is 0. The Morgan fingerprint density at radius 1 is 1.19 bits per heavy atom. The topological polar surface area (TPSA) is 85.1 Å². The van der Waals surface area contributed by atoms with Gasteiger partial charge in [-0.15, -0.1) is 0 Å². The van der Waals surface area contributed by atoms with E-state index in [9.17, 15) is 0 Å². The Labute approximate surface area is 151 Å². The lowest BCUT2D eigenvalue weighted by atomic mass is 10.2. The van der Waals surface area contributed by atoms with E-state index in [0.717, 1.165) is 54.4 Å². The Bertz CT molecular complexity index is 843. The number of nitrogens with zero attached hydrogens (tertiary/aromatic N) is 3. The van der Waals surface area contributed by atoms with Gasteiger partial charge in [-0.1, -0.05) is 0 Å². The fraction of sp³-hybridized carbons (Fsp3) is 0.316. The number of ether oxygens (including phenoxy) is 1. The number of oxazole rings is 1. The van der Waals surface area contributed by atoms with Crippen LogP contribution >= 0.6 is 0 Å². The summed E-state index contributed by atoms with van der Waals surface area (Å²) < 4.78 is 10.9. The lowest BCUT2D eigenvalue weighted by Gasteiger charge is -2.14. The Kier molecular flexibility index (Phi) is 4.79. The highest BCUT2D eigenvalue weighted by Crippen LogP contribution is 2.23. The molecule has 2 aromatic heterocycles. The van der Waals surface area contributed by atoms with Crippen molar-refractivity contribution in [1.29, 1.82) is 0 Å². The summed E-state index contributed by atoms with van der Waals surface area (Å²) in [5, 5.41) is 6.61. The molecule has 0 radical (unpaired) electrons. The van der Waals surface area contributed by atoms with Gasteiger partial charge in [-0.25, -0.2) is 9.97 Å². The highest BCUT2D eigenvalue weighted by molar-refractivity contribution is 5.63. The number of hydrogen-bond acceptors (Lipinski definition) is 7. The molecule has 1 saturated heterocycles. The van der Waals surface area contributed by atoms with Crippen molar-refractivity contribution in [2.45, 2.75) is 25.9 Å². The summed E-state index contributed by atoms with van der Waals surface area (Å²) in [6, 6.07) is 7.85. The Hall–Kier alpha value is -2.93. The van der Waals surface area contributed by atoms with Crippen LogP contribution in [-0.4, -0.2) is 34.2 Å². The van der Waals surface area contributed by atoms with E-state index >= 15 is 0 Å². The summed E-state index contributed by atoms with van der Waals surface area (Å²) in [4.78, 5) is 12.9. The molecule has 1 aliphatic rings. The number of benzene rings is 1. The first kappa shape index (κ1) is 16.5. The van der Waals surface area contributed by atoms with E-state index in [1.165, 1.54) is 6.39 Å². The van der Waals surface area contributed by atoms with Gasteiger partial charge in [0.05, 0.1) is 12.3 Å². The van der Waals surface area contributed by atoms with E-state index in [1.54, 1.807) is 6.20 Å². The number of rotatable bonds is 6. The molecule has 3 heterocycles. The lowest BCUT2D eigenvalue weighted by Crippen LogP contribution is -2.19. The van der Waals surface area contributed by atoms with Crippen molar-refractivity contribution in [1.82, 2.24) is 15.0 Å². The van der Waals surface area contributed by atoms with E-state index in [4.69, 9.17) is 9.15 Å². The SMILES string of the molecule is Cc1cnc(Nc2ccc(-c3cnco3)cc2)nc1NCC1CCCO1. The second-order valence-corrected chi connectivity index (χ2v) is 6.31. The largest absolute Gasteiger partial charge is 0.444 e. The van der Waals surface area contributed by atoms with Gasteiger partial charge in [-0.3, -0.25) is 0 Å². The third kappa shape index (κ3) is 3.83. The van der Waals surface area contributed by atoms with E-state index in [2.05, 4.69) is 25.6 Å². The zero-order chi connectivity index (χ0) is 17.8. The van der Waals surface area contributed by atoms with E-state index in [-0.39, 0.29) is 6.10 Å². The maximum Gasteiger partial charge on any atom is 0.229 e. The fourth-order valence-electron chi connectivity index (χ4n) is 2.90. The van der Waals surface area contributed by atoms with Crippen molar-refractivity contribution in [2.75, 3.05) is 23.8 Å². The van der Waals surface area contributed by atoms with Crippen molar-refractivity contribution >= 4 is 17.5 Å². The van der Waals surface area contributed by atoms with Crippen LogP contribution in [0, 0.1) is 6.92 Å². The van der Waals surface area contributed by atoms with Crippen LogP contribution < -0.4 is 10.6 Å². The average Bonchev–Trinajstić information content (AvgIpc) is 3.37. The molecular formula is C19H21N5O2. The molecular weight excluding hydrogens is 330 g/mol. The van der Waals surface area contributed by atoms with Crippen LogP contribution in [-0.2, 0) is 4.74 Å². The summed E-state index contributed by atoms with van der Waals surface area (Å²) in [6.45, 7) is 3.61. The van der Waals surface area contributed by atoms with Gasteiger partial charge in [-0.05, 0) is 44.0 Å². The van der Waals surface area contributed by atoms with Gasteiger partial charge in [0.2, 0.25) is 5.95 Å². The molecule has 7 heteroatoms. The minimum Gasteiger partial charge on any atom is -0.444 e. The van der Waals surface area contributed by atoms with Crippen LogP contribution in [0.25, 0.3) is 11.3 Å². The molecule has 1 unspecified atom stereocenters. The van der Waals surface area contributed by atoms with Gasteiger partial charge in [0.1, 0.15) is 5.82 Å². The van der Waals surface area contributed by atoms with E-state index < -0.39 is 0 Å². The number of nitrogens with one attached hydrogen (secondary N) is 2. The summed E-state index contributed by atoms with van der Waals surface area (Å²) in [5.41, 5.74) is 2.88. The third-order valence-corrected chi connectivity index (χ3v) is 4.35. The summed E-state index contributed by atoms with van der Waals surface area (Å²) in [6.07, 6.45) is 7.43. The van der Waals surface area contributed by atoms with Crippen LogP contribution in [0.3, 0.4) is 0 Å². The zero-order valence-corrected chi connectivity index (χ0v) is 14.6. The van der Waals surface area contributed by atoms with Crippen molar-refractivity contribution in [2.24, 2.45) is 0 Å². The molecule has 26 heavy (non-hydrogen) atoms. The summed E-state index contributed by atoms with van der Waals surface area (Å²) >= 11 is 0. The smallest absolute Gasteiger partial charge is 0.229 e. The molecule has 1 fully saturated rings. The van der Waals surface area contributed by atoms with Crippen molar-refractivity contribution < 1.29 is 9.15 Å². The lowest BCUT2D eigenvalue weighted by molar-refractivity contribution is 0.120. The van der Waals surface area contributed by atoms with Crippen LogP contribution in [0.2, 0.25) is 0 Å². The zero-order valence-electron chi connectivity index (χ0n) is 14.6. The minimum atomic E-state index is 0.268. The molecule has 0 spiro atoms. The minimum absolute atomic E-state index is 0.268. The number of hydrogen-bond donors (Lipinski definition) is 2. The molecule has 134 valence electrons. The monoisotopic (exact) mass is 351 g/mol. The highest BCUT2D eigenvalue weighted by Gasteiger charge is 2.15. The maximum atomic E-state index is 5.65. The normalized spacial score (nSPS) is 16.6. The van der Waals surface area contributed by atoms with Crippen LogP contribution in [0.5, 0.6) is 0 Å². The molecule has 0 amide bonds. The predicted octanol–water partition coefficient (Wildman–Crippen LogP) is 3.77. The molecule has 4 rings (SSSR count). The summed E-state index contributed by atoms with van der Waals surface area (Å²) in [5.74, 6) is 2.12. The molecule has 0 saturated carbocycles. The maximum absolute atomic E-state index is 5.65. The average molecular weight is 351 g/mol. The van der Waals surface area contributed by atoms with E-state index in [1.807, 2.05) is 37.4 Å². The highest BCUT2D eigenvalue weighted by atomic mass is 16.5. The Morgan fingerprint density at radius 3 is 2.81 bits per heavy atom. The second-order valence-electron chi connectivity index (χ2n) is 6.31. The second kappa shape index (κ2) is 7.53. The standard InChI is InChI=1S/C19H21N5O2/c1-13-9-22-19(24-18(13)21-10-16-3-2-8-25-16)23-15-6-4-14(5-7-15)17-11-20-12-26-17/h4-7,9,11-12,16H,2-3,8,10H2,1H3,(H2,21,22,23,24). The van der Waals surface area contributed by atoms with Crippen LogP contribution in [0.15, 0.2) is 47.5 Å². The van der Waals surface area contributed by atoms with Gasteiger partial charge < -0.3 is 19.8 Å². The first-order chi connectivity index (χ1) is 12.8. The Morgan fingerprint density at radius 2 is 2.08 bits per heavy atom. The van der Waals surface area contributed by atoms with Gasteiger partial charge in [0, 0.05) is 36.2 Å². The van der Waals surface area contributed by atoms with Gasteiger partial charge in [0.25, 0.3) is 0 Å². The van der Waals surface area contributed by atoms with Crippen molar-refractivity contribution in [3.8, 4) is 11.3 Å². The molecule has 0 bridgehead atoms. The number of aryl methyl sites for hydroxylation is 1.